The lowest BCUT2D eigenvalue weighted by Crippen LogP contribution is -2.35. The van der Waals surface area contributed by atoms with E-state index in [0.717, 1.165) is 28.6 Å². The minimum atomic E-state index is 0.0600. The highest BCUT2D eigenvalue weighted by Gasteiger charge is 2.21. The number of ether oxygens (including phenoxy) is 2. The molecule has 0 aliphatic carbocycles. The number of anilines is 1. The van der Waals surface area contributed by atoms with Gasteiger partial charge in [-0.25, -0.2) is 0 Å². The van der Waals surface area contributed by atoms with Crippen LogP contribution in [-0.2, 0) is 4.74 Å². The topological polar surface area (TPSA) is 30.5 Å². The number of aryl methyl sites for hydroxylation is 1. The van der Waals surface area contributed by atoms with Crippen LogP contribution in [0.3, 0.4) is 0 Å². The molecule has 2 rings (SSSR count). The molecule has 94 valence electrons. The van der Waals surface area contributed by atoms with Gasteiger partial charge in [0.05, 0.1) is 24.9 Å². The highest BCUT2D eigenvalue weighted by atomic mass is 35.5. The Morgan fingerprint density at radius 3 is 3.00 bits per heavy atom. The van der Waals surface area contributed by atoms with Crippen molar-refractivity contribution < 1.29 is 9.47 Å². The molecule has 1 aromatic carbocycles. The van der Waals surface area contributed by atoms with Gasteiger partial charge in [-0.3, -0.25) is 0 Å². The van der Waals surface area contributed by atoms with Crippen LogP contribution >= 0.6 is 11.6 Å². The average Bonchev–Trinajstić information content (AvgIpc) is 2.26. The first-order valence-electron chi connectivity index (χ1n) is 5.88. The molecule has 0 amide bonds. The van der Waals surface area contributed by atoms with Crippen molar-refractivity contribution in [2.45, 2.75) is 33.0 Å². The van der Waals surface area contributed by atoms with Crippen LogP contribution in [0.15, 0.2) is 12.1 Å². The van der Waals surface area contributed by atoms with Crippen molar-refractivity contribution in [2.75, 3.05) is 18.5 Å². The van der Waals surface area contributed by atoms with Crippen molar-refractivity contribution in [3.05, 3.63) is 22.7 Å². The van der Waals surface area contributed by atoms with E-state index >= 15 is 0 Å². The Bertz CT molecular complexity index is 407. The maximum absolute atomic E-state index is 6.00. The van der Waals surface area contributed by atoms with E-state index in [0.29, 0.717) is 6.61 Å². The van der Waals surface area contributed by atoms with Crippen LogP contribution in [0.2, 0.25) is 5.02 Å². The largest absolute Gasteiger partial charge is 0.484 e. The van der Waals surface area contributed by atoms with Gasteiger partial charge in [0.25, 0.3) is 0 Å². The summed E-state index contributed by atoms with van der Waals surface area (Å²) >= 11 is 6.00. The molecule has 1 N–H and O–H groups in total. The van der Waals surface area contributed by atoms with Gasteiger partial charge in [-0.05, 0) is 38.5 Å². The Kier molecular flexibility index (Phi) is 3.79. The highest BCUT2D eigenvalue weighted by Crippen LogP contribution is 2.35. The second-order valence-electron chi connectivity index (χ2n) is 4.60. The molecule has 1 atom stereocenters. The minimum Gasteiger partial charge on any atom is -0.484 e. The summed E-state index contributed by atoms with van der Waals surface area (Å²) in [5.41, 5.74) is 2.02. The summed E-state index contributed by atoms with van der Waals surface area (Å²) in [7, 11) is 0. The van der Waals surface area contributed by atoms with Crippen molar-refractivity contribution in [2.24, 2.45) is 0 Å². The zero-order valence-electron chi connectivity index (χ0n) is 10.4. The van der Waals surface area contributed by atoms with Crippen LogP contribution in [-0.4, -0.2) is 25.4 Å². The third-order valence-corrected chi connectivity index (χ3v) is 2.88. The second kappa shape index (κ2) is 5.15. The molecule has 0 saturated carbocycles. The second-order valence-corrected chi connectivity index (χ2v) is 5.04. The Labute approximate surface area is 107 Å². The van der Waals surface area contributed by atoms with E-state index in [4.69, 9.17) is 21.1 Å². The predicted molar refractivity (Wildman–Crippen MR) is 70.2 cm³/mol. The van der Waals surface area contributed by atoms with Gasteiger partial charge in [-0.15, -0.1) is 0 Å². The Balaban J connectivity index is 2.08. The van der Waals surface area contributed by atoms with Crippen molar-refractivity contribution in [3.63, 3.8) is 0 Å². The molecule has 1 aliphatic heterocycles. The van der Waals surface area contributed by atoms with Crippen LogP contribution < -0.4 is 10.1 Å². The fourth-order valence-electron chi connectivity index (χ4n) is 1.84. The van der Waals surface area contributed by atoms with Gasteiger partial charge in [-0.1, -0.05) is 11.6 Å². The van der Waals surface area contributed by atoms with Crippen LogP contribution in [0.25, 0.3) is 0 Å². The van der Waals surface area contributed by atoms with E-state index in [1.54, 1.807) is 0 Å². The van der Waals surface area contributed by atoms with Crippen molar-refractivity contribution in [1.82, 2.24) is 0 Å². The number of benzene rings is 1. The number of halogens is 1. The van der Waals surface area contributed by atoms with Crippen LogP contribution in [0.5, 0.6) is 5.75 Å². The monoisotopic (exact) mass is 255 g/mol. The van der Waals surface area contributed by atoms with Gasteiger partial charge >= 0.3 is 0 Å². The van der Waals surface area contributed by atoms with Crippen LogP contribution in [0, 0.1) is 6.92 Å². The van der Waals surface area contributed by atoms with Gasteiger partial charge in [0.15, 0.2) is 0 Å². The standard InChI is InChI=1S/C13H18ClNO2/c1-8(2)16-7-11-6-15-12-5-10(14)4-9(3)13(12)17-11/h4-5,8,11,15H,6-7H2,1-3H3. The summed E-state index contributed by atoms with van der Waals surface area (Å²) in [6.07, 6.45) is 0.288. The molecule has 0 fully saturated rings. The fraction of sp³-hybridized carbons (Fsp3) is 0.538. The molecule has 1 aliphatic rings. The Morgan fingerprint density at radius 1 is 1.53 bits per heavy atom. The molecule has 3 nitrogen and oxygen atoms in total. The molecular weight excluding hydrogens is 238 g/mol. The van der Waals surface area contributed by atoms with Gasteiger partial charge in [0, 0.05) is 5.02 Å². The fourth-order valence-corrected chi connectivity index (χ4v) is 2.12. The zero-order valence-corrected chi connectivity index (χ0v) is 11.2. The maximum atomic E-state index is 6.00. The molecule has 1 heterocycles. The predicted octanol–water partition coefficient (Wildman–Crippen LogP) is 3.25. The first-order valence-corrected chi connectivity index (χ1v) is 6.26. The smallest absolute Gasteiger partial charge is 0.146 e. The molecule has 0 bridgehead atoms. The quantitative estimate of drug-likeness (QED) is 0.900. The van der Waals surface area contributed by atoms with Crippen molar-refractivity contribution >= 4 is 17.3 Å². The van der Waals surface area contributed by atoms with Gasteiger partial charge in [0.2, 0.25) is 0 Å². The molecular formula is C13H18ClNO2. The molecule has 1 unspecified atom stereocenters. The van der Waals surface area contributed by atoms with Crippen molar-refractivity contribution in [1.29, 1.82) is 0 Å². The average molecular weight is 256 g/mol. The Morgan fingerprint density at radius 2 is 2.29 bits per heavy atom. The first kappa shape index (κ1) is 12.5. The van der Waals surface area contributed by atoms with Crippen LogP contribution in [0.1, 0.15) is 19.4 Å². The summed E-state index contributed by atoms with van der Waals surface area (Å²) in [6.45, 7) is 7.40. The van der Waals surface area contributed by atoms with E-state index in [2.05, 4.69) is 5.32 Å². The first-order chi connectivity index (χ1) is 8.06. The number of fused-ring (bicyclic) bond motifs is 1. The van der Waals surface area contributed by atoms with E-state index in [9.17, 15) is 0 Å². The molecule has 0 saturated heterocycles. The lowest BCUT2D eigenvalue weighted by atomic mass is 10.1. The molecule has 17 heavy (non-hydrogen) atoms. The maximum Gasteiger partial charge on any atom is 0.146 e. The number of rotatable bonds is 3. The minimum absolute atomic E-state index is 0.0600. The molecule has 0 radical (unpaired) electrons. The molecule has 1 aromatic rings. The molecule has 4 heteroatoms. The summed E-state index contributed by atoms with van der Waals surface area (Å²) in [5, 5.41) is 4.06. The number of nitrogens with one attached hydrogen (secondary N) is 1. The lowest BCUT2D eigenvalue weighted by Gasteiger charge is -2.29. The summed E-state index contributed by atoms with van der Waals surface area (Å²) in [6, 6.07) is 3.80. The van der Waals surface area contributed by atoms with Gasteiger partial charge in [0.1, 0.15) is 11.9 Å². The van der Waals surface area contributed by atoms with Gasteiger partial charge < -0.3 is 14.8 Å². The third kappa shape index (κ3) is 3.05. The Hall–Kier alpha value is -0.930. The summed E-state index contributed by atoms with van der Waals surface area (Å²) in [5.74, 6) is 0.887. The van der Waals surface area contributed by atoms with E-state index in [-0.39, 0.29) is 12.2 Å². The number of hydrogen-bond donors (Lipinski definition) is 1. The highest BCUT2D eigenvalue weighted by molar-refractivity contribution is 6.31. The normalized spacial score (nSPS) is 18.5. The van der Waals surface area contributed by atoms with E-state index < -0.39 is 0 Å². The summed E-state index contributed by atoms with van der Waals surface area (Å²) < 4.78 is 11.5. The van der Waals surface area contributed by atoms with Crippen molar-refractivity contribution in [3.8, 4) is 5.75 Å². The SMILES string of the molecule is Cc1cc(Cl)cc2c1OC(COC(C)C)CN2. The lowest BCUT2D eigenvalue weighted by molar-refractivity contribution is 0.0188. The third-order valence-electron chi connectivity index (χ3n) is 2.66. The van der Waals surface area contributed by atoms with Gasteiger partial charge in [-0.2, -0.15) is 0 Å². The van der Waals surface area contributed by atoms with E-state index in [1.165, 1.54) is 0 Å². The number of hydrogen-bond acceptors (Lipinski definition) is 3. The molecule has 0 aromatic heterocycles. The van der Waals surface area contributed by atoms with E-state index in [1.807, 2.05) is 32.9 Å². The molecule has 0 spiro atoms. The summed E-state index contributed by atoms with van der Waals surface area (Å²) in [4.78, 5) is 0. The zero-order chi connectivity index (χ0) is 12.4. The van der Waals surface area contributed by atoms with Crippen LogP contribution in [0.4, 0.5) is 5.69 Å².